The molecular weight excluding hydrogens is 276 g/mol. The van der Waals surface area contributed by atoms with Crippen molar-refractivity contribution in [1.29, 1.82) is 0 Å². The molecule has 0 fully saturated rings. The average Bonchev–Trinajstić information content (AvgIpc) is 2.85. The number of carbonyl (C=O) groups is 3. The van der Waals surface area contributed by atoms with E-state index in [0.29, 0.717) is 12.2 Å². The Labute approximate surface area is 122 Å². The molecule has 0 aromatic carbocycles. The number of carboxylic acid groups (broad SMARTS) is 2. The summed E-state index contributed by atoms with van der Waals surface area (Å²) >= 11 is 0. The Morgan fingerprint density at radius 2 is 2.05 bits per heavy atom. The van der Waals surface area contributed by atoms with Gasteiger partial charge in [-0.25, -0.2) is 4.79 Å². The van der Waals surface area contributed by atoms with Crippen LogP contribution in [-0.2, 0) is 16.1 Å². The first-order valence-corrected chi connectivity index (χ1v) is 6.86. The molecule has 1 aromatic heterocycles. The summed E-state index contributed by atoms with van der Waals surface area (Å²) in [6, 6.07) is 2.27. The molecule has 1 atom stereocenters. The number of aryl methyl sites for hydroxylation is 1. The molecule has 7 nitrogen and oxygen atoms in total. The van der Waals surface area contributed by atoms with Gasteiger partial charge in [-0.05, 0) is 31.4 Å². The molecular formula is C14H20N2O5. The molecule has 0 saturated heterocycles. The molecule has 0 saturated carbocycles. The van der Waals surface area contributed by atoms with E-state index in [1.165, 1.54) is 0 Å². The number of rotatable bonds is 9. The van der Waals surface area contributed by atoms with Gasteiger partial charge in [-0.3, -0.25) is 9.59 Å². The molecule has 0 bridgehead atoms. The zero-order chi connectivity index (χ0) is 15.8. The predicted octanol–water partition coefficient (Wildman–Crippen LogP) is 1.34. The van der Waals surface area contributed by atoms with Crippen LogP contribution in [0.15, 0.2) is 18.3 Å². The van der Waals surface area contributed by atoms with E-state index in [1.54, 1.807) is 22.9 Å². The summed E-state index contributed by atoms with van der Waals surface area (Å²) in [7, 11) is 0. The summed E-state index contributed by atoms with van der Waals surface area (Å²) in [5.41, 5.74) is 0.404. The monoisotopic (exact) mass is 296 g/mol. The first-order chi connectivity index (χ1) is 9.95. The molecule has 0 aliphatic heterocycles. The molecule has 1 heterocycles. The molecule has 0 aliphatic rings. The maximum Gasteiger partial charge on any atom is 0.326 e. The number of nitrogens with one attached hydrogen (secondary N) is 1. The van der Waals surface area contributed by atoms with Gasteiger partial charge in [0.25, 0.3) is 5.91 Å². The largest absolute Gasteiger partial charge is 0.481 e. The van der Waals surface area contributed by atoms with Gasteiger partial charge < -0.3 is 20.1 Å². The van der Waals surface area contributed by atoms with E-state index in [2.05, 4.69) is 5.32 Å². The summed E-state index contributed by atoms with van der Waals surface area (Å²) in [5.74, 6) is -2.61. The lowest BCUT2D eigenvalue weighted by Gasteiger charge is -2.15. The van der Waals surface area contributed by atoms with Crippen LogP contribution in [0.3, 0.4) is 0 Å². The normalized spacial score (nSPS) is 11.9. The number of hydrogen-bond donors (Lipinski definition) is 3. The first-order valence-electron chi connectivity index (χ1n) is 6.86. The Balaban J connectivity index is 2.65. The van der Waals surface area contributed by atoms with Gasteiger partial charge in [-0.2, -0.15) is 0 Å². The standard InChI is InChI=1S/C14H20N2O5/c1-2-8-16-9-4-6-11(16)13(19)15-10(14(20)21)5-3-7-12(17)18/h4,6,9-10H,2-3,5,7-8H2,1H3,(H,15,19)(H,17,18)(H,20,21)/t10-/m1/s1. The van der Waals surface area contributed by atoms with Crippen molar-refractivity contribution < 1.29 is 24.6 Å². The van der Waals surface area contributed by atoms with Crippen LogP contribution in [0.25, 0.3) is 0 Å². The number of aliphatic carboxylic acids is 2. The third-order valence-corrected chi connectivity index (χ3v) is 3.01. The smallest absolute Gasteiger partial charge is 0.326 e. The summed E-state index contributed by atoms with van der Waals surface area (Å²) in [5, 5.41) is 20.1. The SMILES string of the molecule is CCCn1cccc1C(=O)N[C@H](CCCC(=O)O)C(=O)O. The van der Waals surface area contributed by atoms with Crippen LogP contribution in [0.4, 0.5) is 0 Å². The zero-order valence-electron chi connectivity index (χ0n) is 11.9. The third-order valence-electron chi connectivity index (χ3n) is 3.01. The lowest BCUT2D eigenvalue weighted by Crippen LogP contribution is -2.41. The van der Waals surface area contributed by atoms with Crippen LogP contribution in [0, 0.1) is 0 Å². The van der Waals surface area contributed by atoms with Gasteiger partial charge in [0.1, 0.15) is 11.7 Å². The molecule has 1 amide bonds. The first kappa shape index (κ1) is 16.7. The van der Waals surface area contributed by atoms with Crippen molar-refractivity contribution in [3.05, 3.63) is 24.0 Å². The fraction of sp³-hybridized carbons (Fsp3) is 0.500. The van der Waals surface area contributed by atoms with Gasteiger partial charge in [0.05, 0.1) is 0 Å². The van der Waals surface area contributed by atoms with Crippen LogP contribution in [0.5, 0.6) is 0 Å². The van der Waals surface area contributed by atoms with Gasteiger partial charge in [-0.15, -0.1) is 0 Å². The minimum atomic E-state index is -1.16. The average molecular weight is 296 g/mol. The quantitative estimate of drug-likeness (QED) is 0.637. The van der Waals surface area contributed by atoms with E-state index in [-0.39, 0.29) is 19.3 Å². The van der Waals surface area contributed by atoms with Gasteiger partial charge >= 0.3 is 11.9 Å². The highest BCUT2D eigenvalue weighted by molar-refractivity contribution is 5.95. The molecule has 1 aromatic rings. The van der Waals surface area contributed by atoms with Crippen LogP contribution in [-0.4, -0.2) is 38.7 Å². The lowest BCUT2D eigenvalue weighted by atomic mass is 10.1. The zero-order valence-corrected chi connectivity index (χ0v) is 11.9. The molecule has 116 valence electrons. The van der Waals surface area contributed by atoms with E-state index >= 15 is 0 Å². The Bertz CT molecular complexity index is 509. The van der Waals surface area contributed by atoms with Crippen molar-refractivity contribution in [2.45, 2.75) is 45.2 Å². The van der Waals surface area contributed by atoms with Crippen LogP contribution >= 0.6 is 0 Å². The van der Waals surface area contributed by atoms with Crippen molar-refractivity contribution in [1.82, 2.24) is 9.88 Å². The third kappa shape index (κ3) is 5.29. The number of nitrogens with zero attached hydrogens (tertiary/aromatic N) is 1. The second-order valence-electron chi connectivity index (χ2n) is 4.74. The van der Waals surface area contributed by atoms with E-state index in [9.17, 15) is 14.4 Å². The van der Waals surface area contributed by atoms with Crippen molar-refractivity contribution in [3.63, 3.8) is 0 Å². The minimum absolute atomic E-state index is 0.0852. The van der Waals surface area contributed by atoms with Crippen molar-refractivity contribution >= 4 is 17.8 Å². The van der Waals surface area contributed by atoms with E-state index in [0.717, 1.165) is 6.42 Å². The summed E-state index contributed by atoms with van der Waals surface area (Å²) < 4.78 is 1.76. The number of carboxylic acids is 2. The molecule has 0 radical (unpaired) electrons. The molecule has 0 aliphatic carbocycles. The molecule has 7 heteroatoms. The Kier molecular flexibility index (Phi) is 6.45. The second-order valence-corrected chi connectivity index (χ2v) is 4.74. The fourth-order valence-electron chi connectivity index (χ4n) is 2.00. The number of hydrogen-bond acceptors (Lipinski definition) is 3. The van der Waals surface area contributed by atoms with E-state index < -0.39 is 23.9 Å². The summed E-state index contributed by atoms with van der Waals surface area (Å²) in [4.78, 5) is 33.7. The summed E-state index contributed by atoms with van der Waals surface area (Å²) in [6.45, 7) is 2.65. The van der Waals surface area contributed by atoms with Crippen molar-refractivity contribution in [2.75, 3.05) is 0 Å². The molecule has 1 rings (SSSR count). The van der Waals surface area contributed by atoms with Crippen LogP contribution in [0.2, 0.25) is 0 Å². The van der Waals surface area contributed by atoms with Crippen molar-refractivity contribution in [3.8, 4) is 0 Å². The highest BCUT2D eigenvalue weighted by Crippen LogP contribution is 2.07. The maximum atomic E-state index is 12.1. The number of amides is 1. The minimum Gasteiger partial charge on any atom is -0.481 e. The Morgan fingerprint density at radius 3 is 2.62 bits per heavy atom. The maximum absolute atomic E-state index is 12.1. The van der Waals surface area contributed by atoms with Gasteiger partial charge in [0.15, 0.2) is 0 Å². The predicted molar refractivity (Wildman–Crippen MR) is 75.1 cm³/mol. The molecule has 3 N–H and O–H groups in total. The van der Waals surface area contributed by atoms with E-state index in [4.69, 9.17) is 10.2 Å². The van der Waals surface area contributed by atoms with Crippen molar-refractivity contribution in [2.24, 2.45) is 0 Å². The van der Waals surface area contributed by atoms with Crippen LogP contribution < -0.4 is 5.32 Å². The topological polar surface area (TPSA) is 109 Å². The van der Waals surface area contributed by atoms with Crippen LogP contribution in [0.1, 0.15) is 43.1 Å². The van der Waals surface area contributed by atoms with E-state index in [1.807, 2.05) is 6.92 Å². The Morgan fingerprint density at radius 1 is 1.33 bits per heavy atom. The highest BCUT2D eigenvalue weighted by Gasteiger charge is 2.22. The lowest BCUT2D eigenvalue weighted by molar-refractivity contribution is -0.140. The Hall–Kier alpha value is -2.31. The molecule has 21 heavy (non-hydrogen) atoms. The highest BCUT2D eigenvalue weighted by atomic mass is 16.4. The molecule has 0 unspecified atom stereocenters. The second kappa shape index (κ2) is 8.08. The van der Waals surface area contributed by atoms with Gasteiger partial charge in [0, 0.05) is 19.2 Å². The fourth-order valence-corrected chi connectivity index (χ4v) is 2.00. The van der Waals surface area contributed by atoms with Gasteiger partial charge in [0.2, 0.25) is 0 Å². The van der Waals surface area contributed by atoms with Gasteiger partial charge in [-0.1, -0.05) is 6.92 Å². The molecule has 0 spiro atoms. The summed E-state index contributed by atoms with van der Waals surface area (Å²) in [6.07, 6.45) is 2.78. The number of aromatic nitrogens is 1. The number of carbonyl (C=O) groups excluding carboxylic acids is 1.